The third kappa shape index (κ3) is 5.85. The van der Waals surface area contributed by atoms with Crippen LogP contribution < -0.4 is 11.1 Å². The summed E-state index contributed by atoms with van der Waals surface area (Å²) in [4.78, 5) is 18.4. The third-order valence-corrected chi connectivity index (χ3v) is 3.74. The summed E-state index contributed by atoms with van der Waals surface area (Å²) in [6.07, 6.45) is -2.69. The molecule has 0 bridgehead atoms. The maximum atomic E-state index is 12.3. The van der Waals surface area contributed by atoms with E-state index in [0.29, 0.717) is 22.4 Å². The lowest BCUT2D eigenvalue weighted by atomic mass is 10.0. The summed E-state index contributed by atoms with van der Waals surface area (Å²) in [5, 5.41) is 9.56. The fourth-order valence-corrected chi connectivity index (χ4v) is 2.49. The largest absolute Gasteiger partial charge is 0.390 e. The summed E-state index contributed by atoms with van der Waals surface area (Å²) in [5.74, 6) is -0.307. The molecule has 0 atom stereocenters. The molecule has 0 radical (unpaired) electrons. The van der Waals surface area contributed by atoms with E-state index in [1.165, 1.54) is 12.3 Å². The zero-order valence-corrected chi connectivity index (χ0v) is 15.0. The summed E-state index contributed by atoms with van der Waals surface area (Å²) in [6, 6.07) is 5.00. The number of hydrogen-bond acceptors (Lipinski definition) is 4. The highest BCUT2D eigenvalue weighted by Gasteiger charge is 2.26. The molecule has 0 unspecified atom stereocenters. The molecule has 6 nitrogen and oxygen atoms in total. The van der Waals surface area contributed by atoms with Crippen molar-refractivity contribution in [2.45, 2.75) is 19.5 Å². The number of aromatic amines is 1. The summed E-state index contributed by atoms with van der Waals surface area (Å²) >= 11 is 5.54. The first-order valence-corrected chi connectivity index (χ1v) is 8.17. The van der Waals surface area contributed by atoms with Crippen molar-refractivity contribution in [1.82, 2.24) is 15.3 Å². The van der Waals surface area contributed by atoms with Gasteiger partial charge in [0.1, 0.15) is 5.17 Å². The van der Waals surface area contributed by atoms with Gasteiger partial charge >= 0.3 is 6.18 Å². The summed E-state index contributed by atoms with van der Waals surface area (Å²) in [6.45, 7) is 1.35. The first-order valence-electron chi connectivity index (χ1n) is 7.79. The zero-order valence-electron chi connectivity index (χ0n) is 14.2. The number of nitrogens with zero attached hydrogens (tertiary/aromatic N) is 1. The van der Waals surface area contributed by atoms with Gasteiger partial charge in [-0.2, -0.15) is 13.2 Å². The number of carbonyl (C=O) groups is 1. The van der Waals surface area contributed by atoms with Gasteiger partial charge in [0.05, 0.1) is 24.0 Å². The molecular formula is C17H17ClF3N5O. The van der Waals surface area contributed by atoms with Crippen LogP contribution in [0.15, 0.2) is 30.5 Å². The van der Waals surface area contributed by atoms with Crippen LogP contribution in [0.2, 0.25) is 0 Å². The Labute approximate surface area is 158 Å². The number of imidazole rings is 1. The molecule has 1 amide bonds. The van der Waals surface area contributed by atoms with Crippen LogP contribution in [0.3, 0.4) is 0 Å². The van der Waals surface area contributed by atoms with Crippen LogP contribution in [0.5, 0.6) is 0 Å². The number of primary amides is 1. The number of aryl methyl sites for hydroxylation is 1. The Hall–Kier alpha value is -2.81. The SMILES string of the molecule is Cc1cc(-c2cnc(/C(=C\C(=N)Cl)NCCC(F)(F)F)[nH]2)ccc1C(N)=O. The minimum atomic E-state index is -4.30. The number of H-pyrrole nitrogens is 1. The highest BCUT2D eigenvalue weighted by molar-refractivity contribution is 6.68. The van der Waals surface area contributed by atoms with Gasteiger partial charge < -0.3 is 16.0 Å². The van der Waals surface area contributed by atoms with E-state index < -0.39 is 18.5 Å². The molecule has 5 N–H and O–H groups in total. The molecule has 0 saturated heterocycles. The molecule has 0 spiro atoms. The molecule has 0 aliphatic carbocycles. The van der Waals surface area contributed by atoms with Crippen molar-refractivity contribution in [1.29, 1.82) is 5.41 Å². The molecule has 2 rings (SSSR count). The number of allylic oxidation sites excluding steroid dienone is 1. The standard InChI is InChI=1S/C17H17ClF3N5O/c1-9-6-10(2-3-11(9)15(23)27)13-8-25-16(26-13)12(7-14(18)22)24-5-4-17(19,20)21/h2-3,6-8,22,24H,4-5H2,1H3,(H2,23,27)(H,25,26)/b12-7+,22-14?. The third-order valence-electron chi connectivity index (χ3n) is 3.63. The Morgan fingerprint density at radius 3 is 2.70 bits per heavy atom. The molecule has 1 aromatic heterocycles. The molecule has 1 aromatic carbocycles. The molecule has 0 saturated carbocycles. The van der Waals surface area contributed by atoms with Crippen molar-refractivity contribution in [2.24, 2.45) is 5.73 Å². The fraction of sp³-hybridized carbons (Fsp3) is 0.235. The number of rotatable bonds is 7. The number of benzene rings is 1. The van der Waals surface area contributed by atoms with E-state index in [9.17, 15) is 18.0 Å². The number of aromatic nitrogens is 2. The summed E-state index contributed by atoms with van der Waals surface area (Å²) in [7, 11) is 0. The first kappa shape index (κ1) is 20.5. The van der Waals surface area contributed by atoms with Gasteiger partial charge in [0.2, 0.25) is 5.91 Å². The van der Waals surface area contributed by atoms with Gasteiger partial charge in [-0.15, -0.1) is 0 Å². The molecule has 0 aliphatic rings. The molecule has 0 aliphatic heterocycles. The van der Waals surface area contributed by atoms with Crippen molar-refractivity contribution in [3.05, 3.63) is 47.4 Å². The minimum Gasteiger partial charge on any atom is -0.382 e. The van der Waals surface area contributed by atoms with Crippen LogP contribution in [0.25, 0.3) is 17.0 Å². The quantitative estimate of drug-likeness (QED) is 0.534. The van der Waals surface area contributed by atoms with Gasteiger partial charge in [-0.3, -0.25) is 10.2 Å². The first-order chi connectivity index (χ1) is 12.6. The van der Waals surface area contributed by atoms with Gasteiger partial charge in [0, 0.05) is 18.2 Å². The second-order valence-electron chi connectivity index (χ2n) is 5.74. The van der Waals surface area contributed by atoms with Gasteiger partial charge in [-0.05, 0) is 30.2 Å². The molecule has 0 fully saturated rings. The average molecular weight is 400 g/mol. The maximum absolute atomic E-state index is 12.3. The van der Waals surface area contributed by atoms with Crippen LogP contribution in [-0.4, -0.2) is 33.8 Å². The number of halogens is 4. The molecule has 1 heterocycles. The Kier molecular flexibility index (Phi) is 6.27. The lowest BCUT2D eigenvalue weighted by Gasteiger charge is -2.10. The lowest BCUT2D eigenvalue weighted by molar-refractivity contribution is -0.132. The van der Waals surface area contributed by atoms with Crippen LogP contribution in [0, 0.1) is 12.3 Å². The van der Waals surface area contributed by atoms with E-state index in [4.69, 9.17) is 22.7 Å². The molecule has 27 heavy (non-hydrogen) atoms. The molecular weight excluding hydrogens is 383 g/mol. The van der Waals surface area contributed by atoms with Crippen molar-refractivity contribution in [3.63, 3.8) is 0 Å². The Balaban J connectivity index is 2.25. The normalized spacial score (nSPS) is 12.1. The monoisotopic (exact) mass is 399 g/mol. The van der Waals surface area contributed by atoms with Crippen molar-refractivity contribution in [3.8, 4) is 11.3 Å². The molecule has 2 aromatic rings. The Bertz CT molecular complexity index is 889. The van der Waals surface area contributed by atoms with Crippen LogP contribution >= 0.6 is 11.6 Å². The van der Waals surface area contributed by atoms with Gasteiger partial charge in [0.25, 0.3) is 0 Å². The number of nitrogens with two attached hydrogens (primary N) is 1. The van der Waals surface area contributed by atoms with Gasteiger partial charge in [-0.25, -0.2) is 4.98 Å². The minimum absolute atomic E-state index is 0.163. The lowest BCUT2D eigenvalue weighted by Crippen LogP contribution is -2.21. The van der Waals surface area contributed by atoms with E-state index in [-0.39, 0.29) is 23.2 Å². The average Bonchev–Trinajstić information content (AvgIpc) is 3.01. The predicted octanol–water partition coefficient (Wildman–Crippen LogP) is 3.58. The van der Waals surface area contributed by atoms with Crippen LogP contribution in [-0.2, 0) is 0 Å². The summed E-state index contributed by atoms with van der Waals surface area (Å²) in [5.41, 5.74) is 7.81. The number of hydrogen-bond donors (Lipinski definition) is 4. The predicted molar refractivity (Wildman–Crippen MR) is 97.5 cm³/mol. The number of carbonyl (C=O) groups excluding carboxylic acids is 1. The topological polar surface area (TPSA) is 108 Å². The van der Waals surface area contributed by atoms with E-state index in [1.54, 1.807) is 25.1 Å². The van der Waals surface area contributed by atoms with E-state index in [0.717, 1.165) is 0 Å². The zero-order chi connectivity index (χ0) is 20.2. The van der Waals surface area contributed by atoms with Crippen molar-refractivity contribution in [2.75, 3.05) is 6.54 Å². The Morgan fingerprint density at radius 2 is 2.15 bits per heavy atom. The van der Waals surface area contributed by atoms with Crippen molar-refractivity contribution < 1.29 is 18.0 Å². The highest BCUT2D eigenvalue weighted by atomic mass is 35.5. The van der Waals surface area contributed by atoms with Crippen molar-refractivity contribution >= 4 is 28.4 Å². The second kappa shape index (κ2) is 8.26. The van der Waals surface area contributed by atoms with E-state index >= 15 is 0 Å². The van der Waals surface area contributed by atoms with Gasteiger partial charge in [-0.1, -0.05) is 17.7 Å². The maximum Gasteiger partial charge on any atom is 0.390 e. The number of amides is 1. The van der Waals surface area contributed by atoms with Gasteiger partial charge in [0.15, 0.2) is 5.82 Å². The second-order valence-corrected chi connectivity index (χ2v) is 6.14. The Morgan fingerprint density at radius 1 is 1.44 bits per heavy atom. The molecule has 144 valence electrons. The van der Waals surface area contributed by atoms with Crippen LogP contribution in [0.4, 0.5) is 13.2 Å². The fourth-order valence-electron chi connectivity index (χ4n) is 2.38. The van der Waals surface area contributed by atoms with Crippen LogP contribution in [0.1, 0.15) is 28.2 Å². The smallest absolute Gasteiger partial charge is 0.382 e. The summed E-state index contributed by atoms with van der Waals surface area (Å²) < 4.78 is 37.0. The number of nitrogens with one attached hydrogen (secondary N) is 3. The van der Waals surface area contributed by atoms with E-state index in [2.05, 4.69) is 15.3 Å². The van der Waals surface area contributed by atoms with E-state index in [1.807, 2.05) is 0 Å². The highest BCUT2D eigenvalue weighted by Crippen LogP contribution is 2.23. The molecule has 10 heteroatoms. The number of alkyl halides is 3.